The highest BCUT2D eigenvalue weighted by Gasteiger charge is 2.31. The first-order valence-corrected chi connectivity index (χ1v) is 12.6. The van der Waals surface area contributed by atoms with E-state index in [9.17, 15) is 9.59 Å². The Balaban J connectivity index is 1.37. The Bertz CT molecular complexity index is 1420. The molecule has 2 aliphatic heterocycles. The number of aromatic nitrogens is 2. The Morgan fingerprint density at radius 2 is 2.00 bits per heavy atom. The van der Waals surface area contributed by atoms with Gasteiger partial charge in [0, 0.05) is 12.1 Å². The number of piperidine rings is 1. The lowest BCUT2D eigenvalue weighted by Gasteiger charge is -2.24. The van der Waals surface area contributed by atoms with Crippen LogP contribution in [0.1, 0.15) is 39.1 Å². The van der Waals surface area contributed by atoms with Crippen LogP contribution in [0.2, 0.25) is 5.02 Å². The zero-order valence-corrected chi connectivity index (χ0v) is 22.0. The predicted octanol–water partition coefficient (Wildman–Crippen LogP) is 3.81. The molecule has 1 fully saturated rings. The second-order valence-corrected chi connectivity index (χ2v) is 9.33. The second kappa shape index (κ2) is 11.4. The fourth-order valence-electron chi connectivity index (χ4n) is 4.47. The van der Waals surface area contributed by atoms with Gasteiger partial charge in [-0.1, -0.05) is 23.7 Å². The van der Waals surface area contributed by atoms with Gasteiger partial charge in [-0.3, -0.25) is 14.4 Å². The van der Waals surface area contributed by atoms with E-state index in [0.717, 1.165) is 37.6 Å². The molecular formula is C26H26ClFN6O5. The molecule has 2 amide bonds. The minimum absolute atomic E-state index is 0.0244. The maximum absolute atomic E-state index is 15.0. The van der Waals surface area contributed by atoms with Crippen LogP contribution >= 0.6 is 11.6 Å². The van der Waals surface area contributed by atoms with Crippen molar-refractivity contribution in [3.8, 4) is 17.4 Å². The van der Waals surface area contributed by atoms with Crippen LogP contribution in [-0.4, -0.2) is 60.2 Å². The summed E-state index contributed by atoms with van der Waals surface area (Å²) in [4.78, 5) is 39.0. The Hall–Kier alpha value is -4.00. The van der Waals surface area contributed by atoms with Crippen LogP contribution in [0.5, 0.6) is 17.4 Å². The van der Waals surface area contributed by atoms with E-state index in [1.54, 1.807) is 18.2 Å². The number of fused-ring (bicyclic) bond motifs is 1. The topological polar surface area (TPSA) is 127 Å². The molecule has 0 atom stereocenters. The molecule has 204 valence electrons. The average molecular weight is 557 g/mol. The summed E-state index contributed by atoms with van der Waals surface area (Å²) in [6.07, 6.45) is 2.85. The molecule has 5 rings (SSSR count). The van der Waals surface area contributed by atoms with E-state index in [0.29, 0.717) is 5.56 Å². The molecule has 0 aliphatic carbocycles. The van der Waals surface area contributed by atoms with Gasteiger partial charge in [0.1, 0.15) is 22.3 Å². The van der Waals surface area contributed by atoms with Gasteiger partial charge in [0.2, 0.25) is 11.8 Å². The molecule has 1 saturated heterocycles. The fourth-order valence-corrected chi connectivity index (χ4v) is 4.60. The number of nitrogens with zero attached hydrogens (tertiary/aromatic N) is 3. The Labute approximate surface area is 228 Å². The standard InChI is InChI=1S/C26H26ClFN6O5/c1-37-21-10-16(23(35)31-15-6-8-29-9-7-15)18(28)11-19(21)32-26-30-12-17(27)24(33-26)39-20-5-3-4-14-13-34(38-2)25(36)22(14)20/h3-5,10-12,15,29H,6-9,13H2,1-2H3,(H,31,35)(H,30,32,33). The van der Waals surface area contributed by atoms with Gasteiger partial charge in [-0.05, 0) is 43.6 Å². The molecular weight excluding hydrogens is 531 g/mol. The number of hydrogen-bond donors (Lipinski definition) is 3. The second-order valence-electron chi connectivity index (χ2n) is 8.92. The van der Waals surface area contributed by atoms with Gasteiger partial charge in [0.25, 0.3) is 11.8 Å². The Kier molecular flexibility index (Phi) is 7.77. The van der Waals surface area contributed by atoms with E-state index >= 15 is 4.39 Å². The molecule has 3 N–H and O–H groups in total. The summed E-state index contributed by atoms with van der Waals surface area (Å²) in [6.45, 7) is 1.87. The van der Waals surface area contributed by atoms with Crippen LogP contribution in [0.25, 0.3) is 0 Å². The number of amides is 2. The summed E-state index contributed by atoms with van der Waals surface area (Å²) in [5.41, 5.74) is 1.12. The van der Waals surface area contributed by atoms with Crippen LogP contribution in [0, 0.1) is 5.82 Å². The number of carbonyl (C=O) groups excluding carboxylic acids is 2. The highest BCUT2D eigenvalue weighted by molar-refractivity contribution is 6.31. The summed E-state index contributed by atoms with van der Waals surface area (Å²) in [5.74, 6) is -1.15. The quantitative estimate of drug-likeness (QED) is 0.379. The van der Waals surface area contributed by atoms with E-state index in [4.69, 9.17) is 25.9 Å². The van der Waals surface area contributed by atoms with Crippen LogP contribution in [-0.2, 0) is 11.4 Å². The molecule has 13 heteroatoms. The summed E-state index contributed by atoms with van der Waals surface area (Å²) in [6, 6.07) is 7.59. The molecule has 0 unspecified atom stereocenters. The lowest BCUT2D eigenvalue weighted by molar-refractivity contribution is -0.0957. The molecule has 3 heterocycles. The van der Waals surface area contributed by atoms with Crippen molar-refractivity contribution >= 4 is 35.1 Å². The monoisotopic (exact) mass is 556 g/mol. The molecule has 0 bridgehead atoms. The number of methoxy groups -OCH3 is 1. The van der Waals surface area contributed by atoms with Crippen LogP contribution in [0.15, 0.2) is 36.5 Å². The molecule has 11 nitrogen and oxygen atoms in total. The number of benzene rings is 2. The van der Waals surface area contributed by atoms with Crippen molar-refractivity contribution in [2.75, 3.05) is 32.6 Å². The number of ether oxygens (including phenoxy) is 2. The first-order chi connectivity index (χ1) is 18.9. The summed E-state index contributed by atoms with van der Waals surface area (Å²) in [5, 5.41) is 10.3. The maximum Gasteiger partial charge on any atom is 0.281 e. The minimum atomic E-state index is -0.740. The molecule has 0 radical (unpaired) electrons. The van der Waals surface area contributed by atoms with Crippen molar-refractivity contribution < 1.29 is 28.3 Å². The lowest BCUT2D eigenvalue weighted by atomic mass is 10.1. The van der Waals surface area contributed by atoms with Crippen LogP contribution < -0.4 is 25.4 Å². The van der Waals surface area contributed by atoms with Gasteiger partial charge < -0.3 is 25.4 Å². The lowest BCUT2D eigenvalue weighted by Crippen LogP contribution is -2.42. The number of nitrogens with one attached hydrogen (secondary N) is 3. The number of anilines is 2. The van der Waals surface area contributed by atoms with Crippen molar-refractivity contribution in [1.29, 1.82) is 0 Å². The third kappa shape index (κ3) is 5.58. The fraction of sp³-hybridized carbons (Fsp3) is 0.308. The van der Waals surface area contributed by atoms with E-state index < -0.39 is 11.7 Å². The van der Waals surface area contributed by atoms with E-state index in [2.05, 4.69) is 25.9 Å². The summed E-state index contributed by atoms with van der Waals surface area (Å²) in [7, 11) is 2.81. The number of rotatable bonds is 8. The van der Waals surface area contributed by atoms with E-state index in [-0.39, 0.29) is 58.1 Å². The molecule has 0 saturated carbocycles. The van der Waals surface area contributed by atoms with Crippen LogP contribution in [0.3, 0.4) is 0 Å². The first-order valence-electron chi connectivity index (χ1n) is 12.2. The Morgan fingerprint density at radius 3 is 2.74 bits per heavy atom. The Morgan fingerprint density at radius 1 is 1.21 bits per heavy atom. The van der Waals surface area contributed by atoms with Gasteiger partial charge in [-0.25, -0.2) is 14.4 Å². The minimum Gasteiger partial charge on any atom is -0.495 e. The van der Waals surface area contributed by atoms with Crippen LogP contribution in [0.4, 0.5) is 16.0 Å². The van der Waals surface area contributed by atoms with Crippen molar-refractivity contribution in [3.63, 3.8) is 0 Å². The largest absolute Gasteiger partial charge is 0.495 e. The SMILES string of the molecule is COc1cc(C(=O)NC2CCNCC2)c(F)cc1Nc1ncc(Cl)c(Oc2cccc3c2C(=O)N(OC)C3)n1. The normalized spacial score (nSPS) is 15.2. The number of hydrogen-bond acceptors (Lipinski definition) is 9. The van der Waals surface area contributed by atoms with E-state index in [1.165, 1.54) is 31.5 Å². The maximum atomic E-state index is 15.0. The van der Waals surface area contributed by atoms with Crippen molar-refractivity contribution in [2.45, 2.75) is 25.4 Å². The first kappa shape index (κ1) is 26.6. The number of carbonyl (C=O) groups is 2. The number of halogens is 2. The number of hydroxylamine groups is 2. The van der Waals surface area contributed by atoms with Gasteiger partial charge in [-0.2, -0.15) is 4.98 Å². The third-order valence-electron chi connectivity index (χ3n) is 6.46. The van der Waals surface area contributed by atoms with Crippen molar-refractivity contribution in [1.82, 2.24) is 25.7 Å². The van der Waals surface area contributed by atoms with Gasteiger partial charge in [0.05, 0.1) is 43.8 Å². The summed E-state index contributed by atoms with van der Waals surface area (Å²) < 4.78 is 26.3. The van der Waals surface area contributed by atoms with Gasteiger partial charge >= 0.3 is 0 Å². The molecule has 2 aromatic carbocycles. The molecule has 1 aromatic heterocycles. The molecule has 2 aliphatic rings. The van der Waals surface area contributed by atoms with Gasteiger partial charge in [-0.15, -0.1) is 0 Å². The summed E-state index contributed by atoms with van der Waals surface area (Å²) >= 11 is 6.28. The van der Waals surface area contributed by atoms with Crippen molar-refractivity contribution in [2.24, 2.45) is 0 Å². The molecule has 0 spiro atoms. The highest BCUT2D eigenvalue weighted by atomic mass is 35.5. The highest BCUT2D eigenvalue weighted by Crippen LogP contribution is 2.36. The molecule has 3 aromatic rings. The molecule has 39 heavy (non-hydrogen) atoms. The smallest absolute Gasteiger partial charge is 0.281 e. The van der Waals surface area contributed by atoms with E-state index in [1.807, 2.05) is 0 Å². The van der Waals surface area contributed by atoms with Gasteiger partial charge in [0.15, 0.2) is 0 Å². The van der Waals surface area contributed by atoms with Crippen molar-refractivity contribution in [3.05, 3.63) is 64.1 Å². The average Bonchev–Trinajstić information content (AvgIpc) is 3.27. The third-order valence-corrected chi connectivity index (χ3v) is 6.72. The zero-order valence-electron chi connectivity index (χ0n) is 21.2. The predicted molar refractivity (Wildman–Crippen MR) is 140 cm³/mol. The zero-order chi connectivity index (χ0) is 27.5.